The van der Waals surface area contributed by atoms with Gasteiger partial charge in [0.25, 0.3) is 5.91 Å². The number of benzene rings is 1. The van der Waals surface area contributed by atoms with Gasteiger partial charge in [-0.15, -0.1) is 0 Å². The minimum Gasteiger partial charge on any atom is -0.469 e. The lowest BCUT2D eigenvalue weighted by Crippen LogP contribution is -2.40. The zero-order chi connectivity index (χ0) is 15.7. The number of likely N-dealkylation sites (tertiary alicyclic amines) is 1. The van der Waals surface area contributed by atoms with Gasteiger partial charge in [-0.1, -0.05) is 12.1 Å². The molecule has 0 unspecified atom stereocenters. The minimum atomic E-state index is -0.189. The monoisotopic (exact) mass is 301 g/mol. The maximum Gasteiger partial charge on any atom is 0.308 e. The summed E-state index contributed by atoms with van der Waals surface area (Å²) in [5.74, 6) is -0.0482. The van der Waals surface area contributed by atoms with Gasteiger partial charge in [-0.2, -0.15) is 0 Å². The van der Waals surface area contributed by atoms with Gasteiger partial charge >= 0.3 is 5.97 Å². The largest absolute Gasteiger partial charge is 0.469 e. The summed E-state index contributed by atoms with van der Waals surface area (Å²) in [6.45, 7) is 3.09. The van der Waals surface area contributed by atoms with E-state index >= 15 is 0 Å². The van der Waals surface area contributed by atoms with Crippen molar-refractivity contribution in [1.82, 2.24) is 4.90 Å². The molecule has 1 aromatic carbocycles. The molecule has 116 valence electrons. The number of nitrogens with zero attached hydrogens (tertiary/aromatic N) is 1. The molecule has 0 aliphatic carbocycles. The number of carbonyl (C=O) groups excluding carboxylic acids is 2. The fourth-order valence-corrected chi connectivity index (χ4v) is 2.88. The number of hydrogen-bond donors (Lipinski definition) is 0. The Bertz CT molecular complexity index is 711. The molecule has 1 amide bonds. The fraction of sp³-hybridized carbons (Fsp3) is 0.412. The Morgan fingerprint density at radius 1 is 1.23 bits per heavy atom. The first-order chi connectivity index (χ1) is 10.6. The maximum absolute atomic E-state index is 12.5. The summed E-state index contributed by atoms with van der Waals surface area (Å²) in [6.07, 6.45) is 1.27. The summed E-state index contributed by atoms with van der Waals surface area (Å²) in [5.41, 5.74) is 1.83. The average molecular weight is 301 g/mol. The van der Waals surface area contributed by atoms with E-state index in [0.29, 0.717) is 31.7 Å². The van der Waals surface area contributed by atoms with Crippen molar-refractivity contribution in [1.29, 1.82) is 0 Å². The number of hydrogen-bond acceptors (Lipinski definition) is 4. The molecule has 3 rings (SSSR count). The van der Waals surface area contributed by atoms with Crippen LogP contribution in [0.25, 0.3) is 11.0 Å². The van der Waals surface area contributed by atoms with Crippen LogP contribution in [0.5, 0.6) is 0 Å². The molecule has 1 aliphatic rings. The van der Waals surface area contributed by atoms with Gasteiger partial charge in [0.05, 0.1) is 13.0 Å². The third-order valence-corrected chi connectivity index (χ3v) is 4.20. The van der Waals surface area contributed by atoms with E-state index in [1.807, 2.05) is 25.1 Å². The second-order valence-electron chi connectivity index (χ2n) is 5.74. The molecule has 2 heterocycles. The molecule has 0 radical (unpaired) electrons. The predicted octanol–water partition coefficient (Wildman–Crippen LogP) is 2.77. The van der Waals surface area contributed by atoms with E-state index in [2.05, 4.69) is 0 Å². The van der Waals surface area contributed by atoms with Crippen molar-refractivity contribution in [3.8, 4) is 0 Å². The number of methoxy groups -OCH3 is 1. The maximum atomic E-state index is 12.5. The van der Waals surface area contributed by atoms with Gasteiger partial charge in [-0.3, -0.25) is 9.59 Å². The molecule has 1 saturated heterocycles. The Labute approximate surface area is 128 Å². The van der Waals surface area contributed by atoms with Crippen molar-refractivity contribution in [3.05, 3.63) is 35.6 Å². The second kappa shape index (κ2) is 5.83. The Morgan fingerprint density at radius 2 is 1.95 bits per heavy atom. The lowest BCUT2D eigenvalue weighted by atomic mass is 9.97. The highest BCUT2D eigenvalue weighted by atomic mass is 16.5. The van der Waals surface area contributed by atoms with Crippen LogP contribution in [0.2, 0.25) is 0 Å². The summed E-state index contributed by atoms with van der Waals surface area (Å²) in [6, 6.07) is 7.65. The van der Waals surface area contributed by atoms with Crippen LogP contribution >= 0.6 is 0 Å². The van der Waals surface area contributed by atoms with Crippen LogP contribution in [0.3, 0.4) is 0 Å². The van der Waals surface area contributed by atoms with Gasteiger partial charge < -0.3 is 14.1 Å². The highest BCUT2D eigenvalue weighted by molar-refractivity contribution is 5.96. The first kappa shape index (κ1) is 14.6. The number of amides is 1. The van der Waals surface area contributed by atoms with Crippen molar-refractivity contribution >= 4 is 22.8 Å². The number of aryl methyl sites for hydroxylation is 1. The first-order valence-electron chi connectivity index (χ1n) is 7.46. The van der Waals surface area contributed by atoms with E-state index < -0.39 is 0 Å². The average Bonchev–Trinajstić information content (AvgIpc) is 2.96. The van der Waals surface area contributed by atoms with Crippen LogP contribution in [0.15, 0.2) is 28.7 Å². The molecule has 0 spiro atoms. The Balaban J connectivity index is 1.72. The zero-order valence-electron chi connectivity index (χ0n) is 12.8. The summed E-state index contributed by atoms with van der Waals surface area (Å²) < 4.78 is 10.4. The van der Waals surface area contributed by atoms with Crippen LogP contribution in [-0.4, -0.2) is 37.0 Å². The van der Waals surface area contributed by atoms with E-state index in [-0.39, 0.29) is 17.8 Å². The Hall–Kier alpha value is -2.30. The molecule has 22 heavy (non-hydrogen) atoms. The fourth-order valence-electron chi connectivity index (χ4n) is 2.88. The van der Waals surface area contributed by atoms with Crippen LogP contribution in [0, 0.1) is 12.8 Å². The van der Waals surface area contributed by atoms with Gasteiger partial charge in [0.2, 0.25) is 0 Å². The van der Waals surface area contributed by atoms with Gasteiger partial charge in [-0.05, 0) is 37.5 Å². The number of ether oxygens (including phenoxy) is 1. The van der Waals surface area contributed by atoms with Gasteiger partial charge in [-0.25, -0.2) is 0 Å². The van der Waals surface area contributed by atoms with Crippen molar-refractivity contribution in [2.75, 3.05) is 20.2 Å². The number of piperidine rings is 1. The van der Waals surface area contributed by atoms with E-state index in [1.165, 1.54) is 7.11 Å². The van der Waals surface area contributed by atoms with Crippen molar-refractivity contribution < 1.29 is 18.7 Å². The predicted molar refractivity (Wildman–Crippen MR) is 81.6 cm³/mol. The van der Waals surface area contributed by atoms with E-state index in [9.17, 15) is 9.59 Å². The van der Waals surface area contributed by atoms with E-state index in [1.54, 1.807) is 11.0 Å². The Kier molecular flexibility index (Phi) is 3.88. The molecule has 0 saturated carbocycles. The van der Waals surface area contributed by atoms with Crippen LogP contribution in [-0.2, 0) is 9.53 Å². The summed E-state index contributed by atoms with van der Waals surface area (Å²) >= 11 is 0. The van der Waals surface area contributed by atoms with Crippen molar-refractivity contribution in [2.45, 2.75) is 19.8 Å². The highest BCUT2D eigenvalue weighted by Crippen LogP contribution is 2.24. The molecule has 0 bridgehead atoms. The number of fused-ring (bicyclic) bond motifs is 1. The van der Waals surface area contributed by atoms with E-state index in [4.69, 9.17) is 9.15 Å². The molecule has 5 nitrogen and oxygen atoms in total. The summed E-state index contributed by atoms with van der Waals surface area (Å²) in [7, 11) is 1.40. The minimum absolute atomic E-state index is 0.104. The number of furan rings is 1. The second-order valence-corrected chi connectivity index (χ2v) is 5.74. The normalized spacial score (nSPS) is 16.0. The number of carbonyl (C=O) groups is 2. The molecular formula is C17H19NO4. The van der Waals surface area contributed by atoms with Crippen molar-refractivity contribution in [2.24, 2.45) is 5.92 Å². The first-order valence-corrected chi connectivity index (χ1v) is 7.46. The lowest BCUT2D eigenvalue weighted by Gasteiger charge is -2.29. The zero-order valence-corrected chi connectivity index (χ0v) is 12.8. The van der Waals surface area contributed by atoms with Crippen LogP contribution in [0.4, 0.5) is 0 Å². The van der Waals surface area contributed by atoms with Gasteiger partial charge in [0, 0.05) is 18.5 Å². The summed E-state index contributed by atoms with van der Waals surface area (Å²) in [4.78, 5) is 25.8. The number of rotatable bonds is 2. The van der Waals surface area contributed by atoms with Crippen LogP contribution < -0.4 is 0 Å². The van der Waals surface area contributed by atoms with Crippen LogP contribution in [0.1, 0.15) is 29.0 Å². The smallest absolute Gasteiger partial charge is 0.308 e. The quantitative estimate of drug-likeness (QED) is 0.800. The molecule has 1 aromatic heterocycles. The third kappa shape index (κ3) is 2.71. The van der Waals surface area contributed by atoms with Gasteiger partial charge in [0.15, 0.2) is 5.76 Å². The number of esters is 1. The van der Waals surface area contributed by atoms with E-state index in [0.717, 1.165) is 16.5 Å². The SMILES string of the molecule is COC(=O)C1CCN(C(=O)c2cc3ccc(C)cc3o2)CC1. The van der Waals surface area contributed by atoms with Crippen molar-refractivity contribution in [3.63, 3.8) is 0 Å². The molecule has 5 heteroatoms. The standard InChI is InChI=1S/C17H19NO4/c1-11-3-4-13-10-15(22-14(13)9-11)16(19)18-7-5-12(6-8-18)17(20)21-2/h3-4,9-10,12H,5-8H2,1-2H3. The molecule has 0 N–H and O–H groups in total. The molecule has 2 aromatic rings. The topological polar surface area (TPSA) is 59.8 Å². The third-order valence-electron chi connectivity index (χ3n) is 4.20. The molecule has 1 fully saturated rings. The Morgan fingerprint density at radius 3 is 2.64 bits per heavy atom. The lowest BCUT2D eigenvalue weighted by molar-refractivity contribution is -0.146. The molecule has 0 atom stereocenters. The highest BCUT2D eigenvalue weighted by Gasteiger charge is 2.29. The molecule has 1 aliphatic heterocycles. The van der Waals surface area contributed by atoms with Gasteiger partial charge in [0.1, 0.15) is 5.58 Å². The summed E-state index contributed by atoms with van der Waals surface area (Å²) in [5, 5.41) is 0.929. The molecular weight excluding hydrogens is 282 g/mol.